The standard InChI is InChI=1S/C17H21N3O/c1-12-4-6-14(13-5-7-15(21-3)18-16(12)13)20-10-17(11-20)8-19(2)9-17/h4-7H,8-11H2,1-3H3. The van der Waals surface area contributed by atoms with E-state index in [0.29, 0.717) is 11.3 Å². The van der Waals surface area contributed by atoms with E-state index in [1.54, 1.807) is 7.11 Å². The van der Waals surface area contributed by atoms with Gasteiger partial charge >= 0.3 is 0 Å². The molecule has 0 N–H and O–H groups in total. The first kappa shape index (κ1) is 12.9. The van der Waals surface area contributed by atoms with Crippen molar-refractivity contribution in [3.05, 3.63) is 29.8 Å². The monoisotopic (exact) mass is 283 g/mol. The van der Waals surface area contributed by atoms with Crippen LogP contribution < -0.4 is 9.64 Å². The molecule has 3 heterocycles. The lowest BCUT2D eigenvalue weighted by molar-refractivity contribution is -0.00224. The van der Waals surface area contributed by atoms with Gasteiger partial charge in [0.1, 0.15) is 0 Å². The molecular weight excluding hydrogens is 262 g/mol. The molecule has 4 nitrogen and oxygen atoms in total. The molecule has 4 heteroatoms. The number of benzene rings is 1. The number of methoxy groups -OCH3 is 1. The summed E-state index contributed by atoms with van der Waals surface area (Å²) in [5, 5.41) is 1.23. The maximum absolute atomic E-state index is 5.26. The van der Waals surface area contributed by atoms with E-state index >= 15 is 0 Å². The number of pyridine rings is 1. The number of ether oxygens (including phenoxy) is 1. The largest absolute Gasteiger partial charge is 0.481 e. The minimum absolute atomic E-state index is 0.547. The molecule has 110 valence electrons. The van der Waals surface area contributed by atoms with E-state index < -0.39 is 0 Å². The summed E-state index contributed by atoms with van der Waals surface area (Å²) >= 11 is 0. The van der Waals surface area contributed by atoms with Gasteiger partial charge in [0.05, 0.1) is 12.6 Å². The van der Waals surface area contributed by atoms with E-state index in [1.165, 1.54) is 42.8 Å². The van der Waals surface area contributed by atoms with E-state index in [4.69, 9.17) is 4.74 Å². The van der Waals surface area contributed by atoms with Gasteiger partial charge in [-0.15, -0.1) is 0 Å². The third-order valence-corrected chi connectivity index (χ3v) is 4.82. The molecule has 0 unspecified atom stereocenters. The lowest BCUT2D eigenvalue weighted by Crippen LogP contribution is -2.71. The molecule has 2 aliphatic rings. The number of anilines is 1. The molecular formula is C17H21N3O. The van der Waals surface area contributed by atoms with Gasteiger partial charge in [0.25, 0.3) is 0 Å². The molecule has 2 saturated heterocycles. The fraction of sp³-hybridized carbons (Fsp3) is 0.471. The number of likely N-dealkylation sites (tertiary alicyclic amines) is 1. The third-order valence-electron chi connectivity index (χ3n) is 4.82. The topological polar surface area (TPSA) is 28.6 Å². The predicted molar refractivity (Wildman–Crippen MR) is 85.2 cm³/mol. The van der Waals surface area contributed by atoms with Crippen molar-refractivity contribution < 1.29 is 4.74 Å². The number of nitrogens with zero attached hydrogens (tertiary/aromatic N) is 3. The Labute approximate surface area is 125 Å². The Kier molecular flexibility index (Phi) is 2.67. The third kappa shape index (κ3) is 1.89. The molecule has 0 amide bonds. The van der Waals surface area contributed by atoms with Crippen LogP contribution in [0.15, 0.2) is 24.3 Å². The minimum Gasteiger partial charge on any atom is -0.481 e. The van der Waals surface area contributed by atoms with Gasteiger partial charge in [-0.25, -0.2) is 4.98 Å². The number of aromatic nitrogens is 1. The van der Waals surface area contributed by atoms with Crippen molar-refractivity contribution in [1.29, 1.82) is 0 Å². The Balaban J connectivity index is 1.69. The van der Waals surface area contributed by atoms with Crippen molar-refractivity contribution in [2.75, 3.05) is 45.2 Å². The average molecular weight is 283 g/mol. The fourth-order valence-corrected chi connectivity index (χ4v) is 3.94. The average Bonchev–Trinajstić information content (AvgIpc) is 2.42. The predicted octanol–water partition coefficient (Wildman–Crippen LogP) is 2.30. The smallest absolute Gasteiger partial charge is 0.213 e. The van der Waals surface area contributed by atoms with Crippen molar-refractivity contribution in [3.8, 4) is 5.88 Å². The van der Waals surface area contributed by atoms with E-state index in [9.17, 15) is 0 Å². The zero-order valence-electron chi connectivity index (χ0n) is 12.9. The molecule has 2 fully saturated rings. The second-order valence-electron chi connectivity index (χ2n) is 6.68. The van der Waals surface area contributed by atoms with E-state index in [2.05, 4.69) is 47.0 Å². The van der Waals surface area contributed by atoms with Crippen LogP contribution in [0.2, 0.25) is 0 Å². The van der Waals surface area contributed by atoms with Crippen LogP contribution in [0.5, 0.6) is 5.88 Å². The molecule has 21 heavy (non-hydrogen) atoms. The fourth-order valence-electron chi connectivity index (χ4n) is 3.94. The molecule has 1 spiro atoms. The van der Waals surface area contributed by atoms with Gasteiger partial charge in [-0.3, -0.25) is 0 Å². The lowest BCUT2D eigenvalue weighted by Gasteiger charge is -2.60. The number of rotatable bonds is 2. The van der Waals surface area contributed by atoms with E-state index in [0.717, 1.165) is 5.52 Å². The van der Waals surface area contributed by atoms with Crippen molar-refractivity contribution in [3.63, 3.8) is 0 Å². The van der Waals surface area contributed by atoms with Crippen LogP contribution in [0, 0.1) is 12.3 Å². The highest BCUT2D eigenvalue weighted by Gasteiger charge is 2.50. The van der Waals surface area contributed by atoms with Crippen LogP contribution in [0.4, 0.5) is 5.69 Å². The quantitative estimate of drug-likeness (QED) is 0.845. The zero-order valence-corrected chi connectivity index (χ0v) is 12.9. The van der Waals surface area contributed by atoms with Crippen LogP contribution >= 0.6 is 0 Å². The summed E-state index contributed by atoms with van der Waals surface area (Å²) in [5.41, 5.74) is 4.11. The highest BCUT2D eigenvalue weighted by Crippen LogP contribution is 2.43. The normalized spacial score (nSPS) is 20.4. The Morgan fingerprint density at radius 3 is 2.52 bits per heavy atom. The summed E-state index contributed by atoms with van der Waals surface area (Å²) in [6.45, 7) is 6.92. The lowest BCUT2D eigenvalue weighted by atomic mass is 9.73. The molecule has 0 saturated carbocycles. The Bertz CT molecular complexity index is 698. The Morgan fingerprint density at radius 1 is 1.10 bits per heavy atom. The highest BCUT2D eigenvalue weighted by molar-refractivity contribution is 5.94. The molecule has 2 aromatic rings. The van der Waals surface area contributed by atoms with E-state index in [1.807, 2.05) is 6.07 Å². The van der Waals surface area contributed by atoms with Crippen LogP contribution in [-0.2, 0) is 0 Å². The van der Waals surface area contributed by atoms with Crippen molar-refractivity contribution in [2.24, 2.45) is 5.41 Å². The van der Waals surface area contributed by atoms with Gasteiger partial charge < -0.3 is 14.5 Å². The molecule has 0 aliphatic carbocycles. The van der Waals surface area contributed by atoms with Gasteiger partial charge in [-0.2, -0.15) is 0 Å². The highest BCUT2D eigenvalue weighted by atomic mass is 16.5. The van der Waals surface area contributed by atoms with E-state index in [-0.39, 0.29) is 0 Å². The number of hydrogen-bond donors (Lipinski definition) is 0. The van der Waals surface area contributed by atoms with Gasteiger partial charge in [0.15, 0.2) is 0 Å². The molecule has 2 aliphatic heterocycles. The minimum atomic E-state index is 0.547. The molecule has 0 atom stereocenters. The van der Waals surface area contributed by atoms with Crippen LogP contribution in [0.25, 0.3) is 10.9 Å². The van der Waals surface area contributed by atoms with Crippen molar-refractivity contribution in [2.45, 2.75) is 6.92 Å². The van der Waals surface area contributed by atoms with Crippen molar-refractivity contribution >= 4 is 16.6 Å². The number of hydrogen-bond acceptors (Lipinski definition) is 4. The first-order chi connectivity index (χ1) is 10.1. The summed E-state index contributed by atoms with van der Waals surface area (Å²) in [6.07, 6.45) is 0. The van der Waals surface area contributed by atoms with Crippen LogP contribution in [0.1, 0.15) is 5.56 Å². The Morgan fingerprint density at radius 2 is 1.86 bits per heavy atom. The summed E-state index contributed by atoms with van der Waals surface area (Å²) in [7, 11) is 3.87. The first-order valence-corrected chi connectivity index (χ1v) is 7.48. The van der Waals surface area contributed by atoms with Gasteiger partial charge in [0, 0.05) is 48.7 Å². The summed E-state index contributed by atoms with van der Waals surface area (Å²) in [6, 6.07) is 8.50. The van der Waals surface area contributed by atoms with Gasteiger partial charge in [-0.1, -0.05) is 6.07 Å². The molecule has 4 rings (SSSR count). The first-order valence-electron chi connectivity index (χ1n) is 7.48. The molecule has 0 bridgehead atoms. The second kappa shape index (κ2) is 4.34. The second-order valence-corrected chi connectivity index (χ2v) is 6.68. The van der Waals surface area contributed by atoms with Gasteiger partial charge in [0.2, 0.25) is 5.88 Å². The maximum atomic E-state index is 5.26. The molecule has 1 aromatic carbocycles. The number of fused-ring (bicyclic) bond motifs is 1. The Hall–Kier alpha value is -1.81. The summed E-state index contributed by atoms with van der Waals surface area (Å²) < 4.78 is 5.26. The summed E-state index contributed by atoms with van der Waals surface area (Å²) in [5.74, 6) is 0.684. The summed E-state index contributed by atoms with van der Waals surface area (Å²) in [4.78, 5) is 9.51. The van der Waals surface area contributed by atoms with Crippen LogP contribution in [-0.4, -0.2) is 50.2 Å². The van der Waals surface area contributed by atoms with Crippen molar-refractivity contribution in [1.82, 2.24) is 9.88 Å². The molecule has 0 radical (unpaired) electrons. The SMILES string of the molecule is COc1ccc2c(N3CC4(CN(C)C4)C3)ccc(C)c2n1. The number of aryl methyl sites for hydroxylation is 1. The zero-order chi connectivity index (χ0) is 14.6. The van der Waals surface area contributed by atoms with Crippen LogP contribution in [0.3, 0.4) is 0 Å². The van der Waals surface area contributed by atoms with Gasteiger partial charge in [-0.05, 0) is 31.7 Å². The molecule has 1 aromatic heterocycles. The maximum Gasteiger partial charge on any atom is 0.213 e.